The second-order valence-corrected chi connectivity index (χ2v) is 5.79. The van der Waals surface area contributed by atoms with Gasteiger partial charge in [0.05, 0.1) is 17.2 Å². The first-order valence-electron chi connectivity index (χ1n) is 8.06. The molecule has 27 heavy (non-hydrogen) atoms. The number of hydrogen-bond donors (Lipinski definition) is 2. The first-order valence-corrected chi connectivity index (χ1v) is 8.06. The molecule has 6 nitrogen and oxygen atoms in total. The van der Waals surface area contributed by atoms with E-state index in [1.807, 2.05) is 6.07 Å². The summed E-state index contributed by atoms with van der Waals surface area (Å²) in [7, 11) is 0. The van der Waals surface area contributed by atoms with Gasteiger partial charge in [0, 0.05) is 17.4 Å². The number of benzene rings is 2. The van der Waals surface area contributed by atoms with Crippen LogP contribution in [0.2, 0.25) is 0 Å². The fourth-order valence-corrected chi connectivity index (χ4v) is 2.70. The van der Waals surface area contributed by atoms with Crippen LogP contribution in [0.3, 0.4) is 0 Å². The zero-order chi connectivity index (χ0) is 18.8. The molecule has 2 aromatic heterocycles. The monoisotopic (exact) mass is 357 g/mol. The summed E-state index contributed by atoms with van der Waals surface area (Å²) >= 11 is 0. The average molecular weight is 357 g/mol. The highest BCUT2D eigenvalue weighted by Crippen LogP contribution is 2.22. The van der Waals surface area contributed by atoms with Crippen molar-refractivity contribution in [1.82, 2.24) is 15.0 Å². The predicted octanol–water partition coefficient (Wildman–Crippen LogP) is 3.89. The molecule has 0 aliphatic rings. The van der Waals surface area contributed by atoms with Crippen molar-refractivity contribution in [2.75, 3.05) is 5.32 Å². The van der Waals surface area contributed by atoms with Gasteiger partial charge in [0.2, 0.25) is 0 Å². The summed E-state index contributed by atoms with van der Waals surface area (Å²) < 4.78 is 13.1. The molecular formula is C20H12FN5O. The summed E-state index contributed by atoms with van der Waals surface area (Å²) in [6.45, 7) is 0. The van der Waals surface area contributed by atoms with E-state index in [1.165, 1.54) is 18.3 Å². The molecule has 130 valence electrons. The number of nitrogens with one attached hydrogen (secondary N) is 2. The summed E-state index contributed by atoms with van der Waals surface area (Å²) in [6.07, 6.45) is 1.51. The zero-order valence-electron chi connectivity index (χ0n) is 13.9. The minimum Gasteiger partial charge on any atom is -0.323 e. The van der Waals surface area contributed by atoms with E-state index in [1.54, 1.807) is 42.5 Å². The third-order valence-electron chi connectivity index (χ3n) is 4.00. The lowest BCUT2D eigenvalue weighted by molar-refractivity contribution is 0.102. The van der Waals surface area contributed by atoms with Crippen LogP contribution in [0.5, 0.6) is 0 Å². The highest BCUT2D eigenvalue weighted by molar-refractivity contribution is 6.11. The van der Waals surface area contributed by atoms with E-state index >= 15 is 0 Å². The number of rotatable bonds is 3. The van der Waals surface area contributed by atoms with Crippen molar-refractivity contribution in [3.8, 4) is 17.5 Å². The normalized spacial score (nSPS) is 10.5. The number of fused-ring (bicyclic) bond motifs is 1. The van der Waals surface area contributed by atoms with Gasteiger partial charge < -0.3 is 10.3 Å². The molecule has 4 aromatic rings. The molecular weight excluding hydrogens is 345 g/mol. The van der Waals surface area contributed by atoms with Gasteiger partial charge in [-0.1, -0.05) is 6.07 Å². The van der Waals surface area contributed by atoms with Gasteiger partial charge in [-0.3, -0.25) is 4.79 Å². The van der Waals surface area contributed by atoms with Gasteiger partial charge in [0.1, 0.15) is 17.2 Å². The number of halogens is 1. The van der Waals surface area contributed by atoms with Gasteiger partial charge in [-0.2, -0.15) is 5.26 Å². The second kappa shape index (κ2) is 6.69. The van der Waals surface area contributed by atoms with Crippen LogP contribution in [0.1, 0.15) is 15.9 Å². The Bertz CT molecular complexity index is 1190. The maximum Gasteiger partial charge on any atom is 0.258 e. The van der Waals surface area contributed by atoms with Crippen molar-refractivity contribution >= 4 is 22.8 Å². The van der Waals surface area contributed by atoms with Crippen LogP contribution in [0.4, 0.5) is 10.1 Å². The Hall–Kier alpha value is -4.05. The summed E-state index contributed by atoms with van der Waals surface area (Å²) in [6, 6.07) is 16.1. The number of amides is 1. The fourth-order valence-electron chi connectivity index (χ4n) is 2.70. The van der Waals surface area contributed by atoms with Crippen molar-refractivity contribution in [2.24, 2.45) is 0 Å². The molecule has 0 atom stereocenters. The number of H-pyrrole nitrogens is 1. The van der Waals surface area contributed by atoms with Crippen LogP contribution in [0.25, 0.3) is 22.6 Å². The Balaban J connectivity index is 1.70. The molecule has 4 rings (SSSR count). The number of anilines is 1. The lowest BCUT2D eigenvalue weighted by Crippen LogP contribution is -2.12. The molecule has 0 saturated carbocycles. The number of aromatic amines is 1. The smallest absolute Gasteiger partial charge is 0.258 e. The van der Waals surface area contributed by atoms with Crippen molar-refractivity contribution in [2.45, 2.75) is 0 Å². The third-order valence-corrected chi connectivity index (χ3v) is 4.00. The van der Waals surface area contributed by atoms with Crippen LogP contribution >= 0.6 is 0 Å². The largest absolute Gasteiger partial charge is 0.323 e. The number of nitrogens with zero attached hydrogens (tertiary/aromatic N) is 3. The Morgan fingerprint density at radius 3 is 2.74 bits per heavy atom. The summed E-state index contributed by atoms with van der Waals surface area (Å²) in [5.74, 6) is -0.216. The van der Waals surface area contributed by atoms with Gasteiger partial charge in [-0.25, -0.2) is 14.4 Å². The number of hydrogen-bond acceptors (Lipinski definition) is 4. The molecule has 2 N–H and O–H groups in total. The summed E-state index contributed by atoms with van der Waals surface area (Å²) in [5, 5.41) is 11.7. The molecule has 0 spiro atoms. The molecule has 0 fully saturated rings. The van der Waals surface area contributed by atoms with Crippen molar-refractivity contribution in [1.29, 1.82) is 5.26 Å². The summed E-state index contributed by atoms with van der Waals surface area (Å²) in [5.41, 5.74) is 2.84. The fraction of sp³-hybridized carbons (Fsp3) is 0. The van der Waals surface area contributed by atoms with Gasteiger partial charge in [0.25, 0.3) is 5.91 Å². The Labute approximate surface area is 153 Å². The van der Waals surface area contributed by atoms with Gasteiger partial charge >= 0.3 is 0 Å². The SMILES string of the molecule is N#Cc1cccc(NC(=O)c2ccnc3[nH]c(-c4ccc(F)cc4)nc23)c1. The molecule has 0 bridgehead atoms. The van der Waals surface area contributed by atoms with Crippen molar-refractivity contribution in [3.63, 3.8) is 0 Å². The maximum atomic E-state index is 13.1. The summed E-state index contributed by atoms with van der Waals surface area (Å²) in [4.78, 5) is 24.4. The van der Waals surface area contributed by atoms with Crippen LogP contribution in [0.15, 0.2) is 60.8 Å². The lowest BCUT2D eigenvalue weighted by atomic mass is 10.2. The number of aromatic nitrogens is 3. The zero-order valence-corrected chi connectivity index (χ0v) is 13.9. The molecule has 2 heterocycles. The lowest BCUT2D eigenvalue weighted by Gasteiger charge is -2.05. The van der Waals surface area contributed by atoms with E-state index in [2.05, 4.69) is 20.3 Å². The molecule has 0 aliphatic heterocycles. The van der Waals surface area contributed by atoms with Gasteiger partial charge in [-0.05, 0) is 48.5 Å². The number of carbonyl (C=O) groups excluding carboxylic acids is 1. The Morgan fingerprint density at radius 1 is 1.15 bits per heavy atom. The molecule has 0 aliphatic carbocycles. The first kappa shape index (κ1) is 16.4. The predicted molar refractivity (Wildman–Crippen MR) is 98.4 cm³/mol. The molecule has 7 heteroatoms. The number of nitriles is 1. The van der Waals surface area contributed by atoms with Gasteiger partial charge in [-0.15, -0.1) is 0 Å². The highest BCUT2D eigenvalue weighted by Gasteiger charge is 2.16. The molecule has 0 unspecified atom stereocenters. The minimum atomic E-state index is -0.366. The van der Waals surface area contributed by atoms with E-state index in [-0.39, 0.29) is 11.7 Å². The second-order valence-electron chi connectivity index (χ2n) is 5.79. The quantitative estimate of drug-likeness (QED) is 0.581. The minimum absolute atomic E-state index is 0.340. The van der Waals surface area contributed by atoms with E-state index in [0.717, 1.165) is 0 Å². The van der Waals surface area contributed by atoms with E-state index in [4.69, 9.17) is 5.26 Å². The Kier molecular flexibility index (Phi) is 4.07. The number of carbonyl (C=O) groups is 1. The number of imidazole rings is 1. The average Bonchev–Trinajstić information content (AvgIpc) is 3.12. The topological polar surface area (TPSA) is 94.5 Å². The van der Waals surface area contributed by atoms with Crippen LogP contribution < -0.4 is 5.32 Å². The third kappa shape index (κ3) is 3.24. The molecule has 0 radical (unpaired) electrons. The standard InChI is InChI=1S/C20H12FN5O/c21-14-6-4-13(5-7-14)18-25-17-16(8-9-23-19(17)26-18)20(27)24-15-3-1-2-12(10-15)11-22/h1-10H,(H,24,27)(H,23,25,26). The Morgan fingerprint density at radius 2 is 1.96 bits per heavy atom. The van der Waals surface area contributed by atoms with Crippen molar-refractivity contribution in [3.05, 3.63) is 77.7 Å². The van der Waals surface area contributed by atoms with Gasteiger partial charge in [0.15, 0.2) is 5.65 Å². The van der Waals surface area contributed by atoms with E-state index < -0.39 is 0 Å². The molecule has 0 saturated heterocycles. The number of pyridine rings is 1. The van der Waals surface area contributed by atoms with E-state index in [9.17, 15) is 9.18 Å². The molecule has 2 aromatic carbocycles. The van der Waals surface area contributed by atoms with Crippen molar-refractivity contribution < 1.29 is 9.18 Å². The highest BCUT2D eigenvalue weighted by atomic mass is 19.1. The first-order chi connectivity index (χ1) is 13.1. The molecule has 1 amide bonds. The maximum absolute atomic E-state index is 13.1. The van der Waals surface area contributed by atoms with E-state index in [0.29, 0.717) is 39.4 Å². The van der Waals surface area contributed by atoms with Crippen LogP contribution in [-0.2, 0) is 0 Å². The van der Waals surface area contributed by atoms with Crippen LogP contribution in [-0.4, -0.2) is 20.9 Å². The van der Waals surface area contributed by atoms with Crippen LogP contribution in [0, 0.1) is 17.1 Å².